The van der Waals surface area contributed by atoms with Gasteiger partial charge in [-0.05, 0) is 19.3 Å². The van der Waals surface area contributed by atoms with Crippen LogP contribution in [0.3, 0.4) is 0 Å². The van der Waals surface area contributed by atoms with Crippen molar-refractivity contribution >= 4 is 16.0 Å². The van der Waals surface area contributed by atoms with Gasteiger partial charge < -0.3 is 9.73 Å². The molecule has 1 atom stereocenters. The second kappa shape index (κ2) is 5.87. The molecule has 0 spiro atoms. The van der Waals surface area contributed by atoms with Crippen molar-refractivity contribution < 1.29 is 12.8 Å². The van der Waals surface area contributed by atoms with E-state index in [4.69, 9.17) is 4.42 Å². The van der Waals surface area contributed by atoms with E-state index in [0.717, 1.165) is 25.7 Å². The third kappa shape index (κ3) is 3.90. The average Bonchev–Trinajstić information content (AvgIpc) is 2.74. The van der Waals surface area contributed by atoms with Crippen LogP contribution in [0.25, 0.3) is 0 Å². The fourth-order valence-corrected chi connectivity index (χ4v) is 3.63. The molecular formula is C11H20N4O3S. The largest absolute Gasteiger partial charge is 0.408 e. The number of anilines is 1. The molecule has 8 heteroatoms. The Morgan fingerprint density at radius 1 is 1.42 bits per heavy atom. The normalized spacial score (nSPS) is 21.5. The van der Waals surface area contributed by atoms with Crippen LogP contribution in [-0.2, 0) is 10.0 Å². The fraction of sp³-hybridized carbons (Fsp3) is 0.818. The first kappa shape index (κ1) is 14.3. The Bertz CT molecular complexity index is 514. The summed E-state index contributed by atoms with van der Waals surface area (Å²) in [5.74, 6) is 0.512. The standard InChI is InChI=1S/C11H20N4O3S/c1-9-13-14-11(18-9)12-7-6-10-5-3-4-8-15(10)19(2,16)17/h10H,3-8H2,1-2H3,(H,12,14)/t10-/m1/s1. The summed E-state index contributed by atoms with van der Waals surface area (Å²) in [6, 6.07) is 0.458. The van der Waals surface area contributed by atoms with Gasteiger partial charge in [-0.25, -0.2) is 8.42 Å². The van der Waals surface area contributed by atoms with E-state index in [1.165, 1.54) is 6.26 Å². The molecule has 1 aliphatic rings. The molecular weight excluding hydrogens is 268 g/mol. The quantitative estimate of drug-likeness (QED) is 0.869. The number of aromatic nitrogens is 2. The minimum Gasteiger partial charge on any atom is -0.408 e. The third-order valence-corrected chi connectivity index (χ3v) is 4.61. The van der Waals surface area contributed by atoms with Gasteiger partial charge in [0.2, 0.25) is 15.9 Å². The van der Waals surface area contributed by atoms with Crippen LogP contribution >= 0.6 is 0 Å². The van der Waals surface area contributed by atoms with Gasteiger partial charge in [0.1, 0.15) is 0 Å². The average molecular weight is 288 g/mol. The Balaban J connectivity index is 1.86. The second-order valence-corrected chi connectivity index (χ2v) is 6.80. The Morgan fingerprint density at radius 2 is 2.21 bits per heavy atom. The molecule has 0 saturated carbocycles. The van der Waals surface area contributed by atoms with Crippen LogP contribution in [0.4, 0.5) is 6.01 Å². The van der Waals surface area contributed by atoms with E-state index in [9.17, 15) is 8.42 Å². The van der Waals surface area contributed by atoms with Crippen molar-refractivity contribution in [1.82, 2.24) is 14.5 Å². The number of aryl methyl sites for hydroxylation is 1. The minimum atomic E-state index is -3.11. The first-order valence-electron chi connectivity index (χ1n) is 6.47. The lowest BCUT2D eigenvalue weighted by molar-refractivity contribution is 0.246. The Labute approximate surface area is 113 Å². The highest BCUT2D eigenvalue weighted by molar-refractivity contribution is 7.88. The number of rotatable bonds is 5. The summed E-state index contributed by atoms with van der Waals surface area (Å²) in [7, 11) is -3.11. The SMILES string of the molecule is Cc1nnc(NCC[C@H]2CCCCN2S(C)(=O)=O)o1. The molecule has 0 bridgehead atoms. The number of nitrogens with zero attached hydrogens (tertiary/aromatic N) is 3. The maximum Gasteiger partial charge on any atom is 0.315 e. The number of nitrogens with one attached hydrogen (secondary N) is 1. The second-order valence-electron chi connectivity index (χ2n) is 4.86. The van der Waals surface area contributed by atoms with Gasteiger partial charge in [0.15, 0.2) is 0 Å². The number of hydrogen-bond acceptors (Lipinski definition) is 6. The van der Waals surface area contributed by atoms with Crippen molar-refractivity contribution in [3.05, 3.63) is 5.89 Å². The number of piperidine rings is 1. The summed E-state index contributed by atoms with van der Waals surface area (Å²) in [6.07, 6.45) is 4.96. The van der Waals surface area contributed by atoms with Crippen molar-refractivity contribution in [2.75, 3.05) is 24.7 Å². The van der Waals surface area contributed by atoms with Crippen molar-refractivity contribution in [2.45, 2.75) is 38.6 Å². The highest BCUT2D eigenvalue weighted by atomic mass is 32.2. The van der Waals surface area contributed by atoms with Gasteiger partial charge in [0, 0.05) is 26.1 Å². The molecule has 0 unspecified atom stereocenters. The first-order chi connectivity index (χ1) is 8.97. The van der Waals surface area contributed by atoms with Crippen molar-refractivity contribution in [3.63, 3.8) is 0 Å². The predicted octanol–water partition coefficient (Wildman–Crippen LogP) is 0.994. The Kier molecular flexibility index (Phi) is 4.41. The molecule has 1 saturated heterocycles. The molecule has 0 amide bonds. The summed E-state index contributed by atoms with van der Waals surface area (Å²) >= 11 is 0. The summed E-state index contributed by atoms with van der Waals surface area (Å²) in [6.45, 7) is 2.98. The Hall–Kier alpha value is -1.15. The topological polar surface area (TPSA) is 88.3 Å². The lowest BCUT2D eigenvalue weighted by Crippen LogP contribution is -2.43. The molecule has 1 aromatic rings. The van der Waals surface area contributed by atoms with Crippen LogP contribution in [-0.4, -0.2) is 48.3 Å². The highest BCUT2D eigenvalue weighted by Gasteiger charge is 2.28. The van der Waals surface area contributed by atoms with Gasteiger partial charge in [-0.15, -0.1) is 5.10 Å². The zero-order valence-electron chi connectivity index (χ0n) is 11.3. The van der Waals surface area contributed by atoms with Crippen LogP contribution in [0.1, 0.15) is 31.6 Å². The molecule has 0 aromatic carbocycles. The lowest BCUT2D eigenvalue weighted by atomic mass is 10.0. The van der Waals surface area contributed by atoms with E-state index < -0.39 is 10.0 Å². The van der Waals surface area contributed by atoms with E-state index in [-0.39, 0.29) is 6.04 Å². The lowest BCUT2D eigenvalue weighted by Gasteiger charge is -2.33. The highest BCUT2D eigenvalue weighted by Crippen LogP contribution is 2.22. The van der Waals surface area contributed by atoms with Crippen molar-refractivity contribution in [1.29, 1.82) is 0 Å². The third-order valence-electron chi connectivity index (χ3n) is 3.28. The number of hydrogen-bond donors (Lipinski definition) is 1. The molecule has 19 heavy (non-hydrogen) atoms. The minimum absolute atomic E-state index is 0.0697. The van der Waals surface area contributed by atoms with Gasteiger partial charge >= 0.3 is 6.01 Å². The smallest absolute Gasteiger partial charge is 0.315 e. The molecule has 7 nitrogen and oxygen atoms in total. The first-order valence-corrected chi connectivity index (χ1v) is 8.32. The summed E-state index contributed by atoms with van der Waals surface area (Å²) in [4.78, 5) is 0. The monoisotopic (exact) mass is 288 g/mol. The van der Waals surface area contributed by atoms with Crippen LogP contribution in [0.15, 0.2) is 4.42 Å². The molecule has 1 aromatic heterocycles. The predicted molar refractivity (Wildman–Crippen MR) is 71.3 cm³/mol. The summed E-state index contributed by atoms with van der Waals surface area (Å²) in [5, 5.41) is 10.6. The van der Waals surface area contributed by atoms with E-state index in [1.54, 1.807) is 11.2 Å². The van der Waals surface area contributed by atoms with E-state index in [0.29, 0.717) is 25.0 Å². The molecule has 108 valence electrons. The Morgan fingerprint density at radius 3 is 2.84 bits per heavy atom. The van der Waals surface area contributed by atoms with Gasteiger partial charge in [0.25, 0.3) is 0 Å². The van der Waals surface area contributed by atoms with Gasteiger partial charge in [0.05, 0.1) is 6.26 Å². The molecule has 0 aliphatic carbocycles. The van der Waals surface area contributed by atoms with Crippen LogP contribution in [0, 0.1) is 6.92 Å². The van der Waals surface area contributed by atoms with Crippen LogP contribution < -0.4 is 5.32 Å². The summed E-state index contributed by atoms with van der Waals surface area (Å²) in [5.41, 5.74) is 0. The molecule has 1 aliphatic heterocycles. The fourth-order valence-electron chi connectivity index (χ4n) is 2.41. The van der Waals surface area contributed by atoms with Crippen LogP contribution in [0.5, 0.6) is 0 Å². The van der Waals surface area contributed by atoms with Crippen molar-refractivity contribution in [3.8, 4) is 0 Å². The van der Waals surface area contributed by atoms with Gasteiger partial charge in [-0.2, -0.15) is 4.31 Å². The van der Waals surface area contributed by atoms with Gasteiger partial charge in [-0.3, -0.25) is 0 Å². The zero-order chi connectivity index (χ0) is 13.9. The van der Waals surface area contributed by atoms with Gasteiger partial charge in [-0.1, -0.05) is 11.5 Å². The van der Waals surface area contributed by atoms with E-state index in [1.807, 2.05) is 0 Å². The maximum absolute atomic E-state index is 11.7. The zero-order valence-corrected chi connectivity index (χ0v) is 12.1. The molecule has 1 fully saturated rings. The molecule has 2 heterocycles. The maximum atomic E-state index is 11.7. The van der Waals surface area contributed by atoms with Crippen LogP contribution in [0.2, 0.25) is 0 Å². The van der Waals surface area contributed by atoms with E-state index in [2.05, 4.69) is 15.5 Å². The van der Waals surface area contributed by atoms with Crippen molar-refractivity contribution in [2.24, 2.45) is 0 Å². The molecule has 2 rings (SSSR count). The molecule has 1 N–H and O–H groups in total. The van der Waals surface area contributed by atoms with E-state index >= 15 is 0 Å². The summed E-state index contributed by atoms with van der Waals surface area (Å²) < 4.78 is 30.2. The molecule has 0 radical (unpaired) electrons. The number of sulfonamides is 1.